The van der Waals surface area contributed by atoms with Crippen molar-refractivity contribution < 1.29 is 26.7 Å². The van der Waals surface area contributed by atoms with Gasteiger partial charge in [-0.2, -0.15) is 31.0 Å². The molecular weight excluding hydrogens is 261 g/mol. The van der Waals surface area contributed by atoms with Crippen LogP contribution >= 0.6 is 0 Å². The molecule has 3 N–H and O–H groups in total. The SMILES string of the molecule is O=S(=O)(NCC(F)(F)F)N[C@@H]1CCCC[C@H]1O. The van der Waals surface area contributed by atoms with Gasteiger partial charge in [-0.15, -0.1) is 0 Å². The summed E-state index contributed by atoms with van der Waals surface area (Å²) < 4.78 is 61.4. The van der Waals surface area contributed by atoms with E-state index in [4.69, 9.17) is 0 Å². The van der Waals surface area contributed by atoms with E-state index < -0.39 is 35.1 Å². The Kier molecular flexibility index (Phi) is 4.76. The monoisotopic (exact) mass is 276 g/mol. The van der Waals surface area contributed by atoms with Crippen molar-refractivity contribution in [2.45, 2.75) is 44.0 Å². The van der Waals surface area contributed by atoms with Gasteiger partial charge in [0.1, 0.15) is 6.54 Å². The number of hydrogen-bond donors (Lipinski definition) is 3. The summed E-state index contributed by atoms with van der Waals surface area (Å²) in [5, 5.41) is 9.48. The Morgan fingerprint density at radius 3 is 2.35 bits per heavy atom. The molecule has 0 bridgehead atoms. The third kappa shape index (κ3) is 5.66. The first-order chi connectivity index (χ1) is 7.70. The molecule has 0 radical (unpaired) electrons. The minimum absolute atomic E-state index is 0.425. The fourth-order valence-electron chi connectivity index (χ4n) is 1.67. The number of aliphatic hydroxyl groups excluding tert-OH is 1. The second-order valence-corrected chi connectivity index (χ2v) is 5.55. The zero-order chi connectivity index (χ0) is 13.1. The van der Waals surface area contributed by atoms with E-state index in [0.29, 0.717) is 12.8 Å². The molecule has 0 aliphatic heterocycles. The highest BCUT2D eigenvalue weighted by molar-refractivity contribution is 7.87. The summed E-state index contributed by atoms with van der Waals surface area (Å²) in [5.74, 6) is 0. The third-order valence-corrected chi connectivity index (χ3v) is 3.64. The average molecular weight is 276 g/mol. The van der Waals surface area contributed by atoms with E-state index in [0.717, 1.165) is 12.8 Å². The molecule has 1 fully saturated rings. The molecule has 0 amide bonds. The summed E-state index contributed by atoms with van der Waals surface area (Å²) in [7, 11) is -4.23. The van der Waals surface area contributed by atoms with Gasteiger partial charge < -0.3 is 5.11 Å². The molecule has 1 aliphatic rings. The van der Waals surface area contributed by atoms with Crippen LogP contribution in [0.15, 0.2) is 0 Å². The van der Waals surface area contributed by atoms with Crippen LogP contribution in [-0.4, -0.2) is 38.4 Å². The molecule has 0 spiro atoms. The second kappa shape index (κ2) is 5.51. The van der Waals surface area contributed by atoms with Crippen molar-refractivity contribution in [1.82, 2.24) is 9.44 Å². The topological polar surface area (TPSA) is 78.4 Å². The first kappa shape index (κ1) is 14.7. The molecule has 9 heteroatoms. The molecule has 0 aromatic rings. The highest BCUT2D eigenvalue weighted by Gasteiger charge is 2.32. The lowest BCUT2D eigenvalue weighted by molar-refractivity contribution is -0.121. The van der Waals surface area contributed by atoms with Crippen LogP contribution in [0.3, 0.4) is 0 Å². The van der Waals surface area contributed by atoms with Crippen LogP contribution < -0.4 is 9.44 Å². The maximum absolute atomic E-state index is 11.8. The molecule has 0 aromatic heterocycles. The molecule has 1 rings (SSSR count). The molecule has 1 saturated carbocycles. The van der Waals surface area contributed by atoms with Gasteiger partial charge in [-0.25, -0.2) is 0 Å². The first-order valence-electron chi connectivity index (χ1n) is 5.21. The van der Waals surface area contributed by atoms with Gasteiger partial charge in [0, 0.05) is 6.04 Å². The first-order valence-corrected chi connectivity index (χ1v) is 6.70. The van der Waals surface area contributed by atoms with Crippen LogP contribution in [0.4, 0.5) is 13.2 Å². The molecule has 0 heterocycles. The van der Waals surface area contributed by atoms with E-state index in [-0.39, 0.29) is 0 Å². The molecule has 0 saturated heterocycles. The number of hydrogen-bond acceptors (Lipinski definition) is 3. The van der Waals surface area contributed by atoms with Crippen LogP contribution in [0.5, 0.6) is 0 Å². The van der Waals surface area contributed by atoms with Crippen molar-refractivity contribution >= 4 is 10.2 Å². The van der Waals surface area contributed by atoms with E-state index in [1.165, 1.54) is 4.72 Å². The van der Waals surface area contributed by atoms with Gasteiger partial charge in [-0.1, -0.05) is 12.8 Å². The quantitative estimate of drug-likeness (QED) is 0.690. The molecule has 5 nitrogen and oxygen atoms in total. The second-order valence-electron chi connectivity index (χ2n) is 4.02. The van der Waals surface area contributed by atoms with Crippen molar-refractivity contribution in [2.75, 3.05) is 6.54 Å². The van der Waals surface area contributed by atoms with Gasteiger partial charge >= 0.3 is 6.18 Å². The predicted octanol–water partition coefficient (Wildman–Crippen LogP) is 0.276. The van der Waals surface area contributed by atoms with Crippen molar-refractivity contribution in [2.24, 2.45) is 0 Å². The van der Waals surface area contributed by atoms with E-state index in [1.54, 1.807) is 0 Å². The smallest absolute Gasteiger partial charge is 0.391 e. The van der Waals surface area contributed by atoms with Gasteiger partial charge in [-0.05, 0) is 12.8 Å². The number of alkyl halides is 3. The Morgan fingerprint density at radius 2 is 1.82 bits per heavy atom. The fraction of sp³-hybridized carbons (Fsp3) is 1.00. The van der Waals surface area contributed by atoms with Gasteiger partial charge in [0.25, 0.3) is 10.2 Å². The van der Waals surface area contributed by atoms with E-state index >= 15 is 0 Å². The molecule has 17 heavy (non-hydrogen) atoms. The Hall–Kier alpha value is -0.380. The highest BCUT2D eigenvalue weighted by atomic mass is 32.2. The predicted molar refractivity (Wildman–Crippen MR) is 54.4 cm³/mol. The Morgan fingerprint density at radius 1 is 1.24 bits per heavy atom. The van der Waals surface area contributed by atoms with Gasteiger partial charge in [-0.3, -0.25) is 0 Å². The Labute approximate surface area is 97.6 Å². The van der Waals surface area contributed by atoms with E-state index in [9.17, 15) is 26.7 Å². The maximum atomic E-state index is 11.8. The normalized spacial score (nSPS) is 27.1. The van der Waals surface area contributed by atoms with Gasteiger partial charge in [0.05, 0.1) is 6.10 Å². The summed E-state index contributed by atoms with van der Waals surface area (Å²) in [6, 6.07) is -0.713. The third-order valence-electron chi connectivity index (χ3n) is 2.50. The van der Waals surface area contributed by atoms with Crippen molar-refractivity contribution in [3.05, 3.63) is 0 Å². The van der Waals surface area contributed by atoms with E-state index in [2.05, 4.69) is 0 Å². The van der Waals surface area contributed by atoms with Crippen molar-refractivity contribution in [3.63, 3.8) is 0 Å². The fourth-order valence-corrected chi connectivity index (χ4v) is 2.78. The van der Waals surface area contributed by atoms with Crippen molar-refractivity contribution in [3.8, 4) is 0 Å². The lowest BCUT2D eigenvalue weighted by atomic mass is 9.93. The van der Waals surface area contributed by atoms with Crippen molar-refractivity contribution in [1.29, 1.82) is 0 Å². The van der Waals surface area contributed by atoms with Crippen LogP contribution in [0.25, 0.3) is 0 Å². The summed E-state index contributed by atoms with van der Waals surface area (Å²) in [5.41, 5.74) is 0. The largest absolute Gasteiger partial charge is 0.402 e. The molecule has 0 aromatic carbocycles. The van der Waals surface area contributed by atoms with Crippen LogP contribution in [-0.2, 0) is 10.2 Å². The molecule has 2 atom stereocenters. The summed E-state index contributed by atoms with van der Waals surface area (Å²) >= 11 is 0. The minimum atomic E-state index is -4.60. The average Bonchev–Trinajstić information content (AvgIpc) is 2.18. The number of halogens is 3. The molecule has 1 aliphatic carbocycles. The Bertz CT molecular complexity index is 344. The summed E-state index contributed by atoms with van der Waals surface area (Å²) in [4.78, 5) is 0. The number of nitrogens with one attached hydrogen (secondary N) is 2. The zero-order valence-electron chi connectivity index (χ0n) is 9.00. The molecule has 102 valence electrons. The van der Waals surface area contributed by atoms with Crippen LogP contribution in [0.2, 0.25) is 0 Å². The van der Waals surface area contributed by atoms with Gasteiger partial charge in [0.15, 0.2) is 0 Å². The standard InChI is InChI=1S/C8H15F3N2O3S/c9-8(10,11)5-12-17(15,16)13-6-3-1-2-4-7(6)14/h6-7,12-14H,1-5H2/t6-,7-/m1/s1. The van der Waals surface area contributed by atoms with Gasteiger partial charge in [0.2, 0.25) is 0 Å². The molecular formula is C8H15F3N2O3S. The molecule has 0 unspecified atom stereocenters. The lowest BCUT2D eigenvalue weighted by Gasteiger charge is -2.28. The maximum Gasteiger partial charge on any atom is 0.402 e. The highest BCUT2D eigenvalue weighted by Crippen LogP contribution is 2.19. The van der Waals surface area contributed by atoms with Crippen LogP contribution in [0, 0.1) is 0 Å². The summed E-state index contributed by atoms with van der Waals surface area (Å²) in [6.07, 6.45) is -3.04. The minimum Gasteiger partial charge on any atom is -0.391 e. The Balaban J connectivity index is 2.48. The summed E-state index contributed by atoms with van der Waals surface area (Å²) in [6.45, 7) is -1.62. The van der Waals surface area contributed by atoms with E-state index in [1.807, 2.05) is 4.72 Å². The van der Waals surface area contributed by atoms with Crippen LogP contribution in [0.1, 0.15) is 25.7 Å². The lowest BCUT2D eigenvalue weighted by Crippen LogP contribution is -2.50. The number of aliphatic hydroxyl groups is 1. The number of rotatable bonds is 4. The zero-order valence-corrected chi connectivity index (χ0v) is 9.81.